The smallest absolute Gasteiger partial charge is 0.353 e. The fourth-order valence-electron chi connectivity index (χ4n) is 3.37. The number of nitrogens with one attached hydrogen (secondary N) is 1. The van der Waals surface area contributed by atoms with E-state index >= 15 is 0 Å². The number of carbonyl (C=O) groups excluding carboxylic acids is 2. The quantitative estimate of drug-likeness (QED) is 0.163. The lowest BCUT2D eigenvalue weighted by molar-refractivity contribution is -0.150. The van der Waals surface area contributed by atoms with E-state index in [1.54, 1.807) is 0 Å². The molecule has 18 heteroatoms. The zero-order valence-electron chi connectivity index (χ0n) is 18.3. The Morgan fingerprint density at radius 2 is 2.14 bits per heavy atom. The zero-order valence-corrected chi connectivity index (χ0v) is 21.5. The van der Waals surface area contributed by atoms with Crippen LogP contribution in [0.5, 0.6) is 0 Å². The van der Waals surface area contributed by atoms with Gasteiger partial charge in [0.25, 0.3) is 11.8 Å². The highest BCUT2D eigenvalue weighted by Crippen LogP contribution is 2.44. The maximum Gasteiger partial charge on any atom is 0.353 e. The summed E-state index contributed by atoms with van der Waals surface area (Å²) in [4.78, 5) is 56.0. The highest BCUT2D eigenvalue weighted by molar-refractivity contribution is 8.05. The Hall–Kier alpha value is -3.28. The summed E-state index contributed by atoms with van der Waals surface area (Å²) >= 11 is 9.54. The van der Waals surface area contributed by atoms with Gasteiger partial charge in [-0.15, -0.1) is 23.5 Å². The number of aliphatic carboxylic acids is 1. The first-order valence-electron chi connectivity index (χ1n) is 9.87. The number of nitrogens with two attached hydrogens (primary N) is 3. The van der Waals surface area contributed by atoms with Crippen molar-refractivity contribution in [3.8, 4) is 0 Å². The van der Waals surface area contributed by atoms with Crippen LogP contribution in [0.1, 0.15) is 11.3 Å². The Morgan fingerprint density at radius 1 is 1.39 bits per heavy atom. The minimum absolute atomic E-state index is 0.00849. The molecule has 2 aromatic rings. The van der Waals surface area contributed by atoms with E-state index in [4.69, 9.17) is 33.6 Å². The van der Waals surface area contributed by atoms with Gasteiger partial charge in [-0.25, -0.2) is 14.8 Å². The van der Waals surface area contributed by atoms with E-state index in [-0.39, 0.29) is 49.8 Å². The molecule has 36 heavy (non-hydrogen) atoms. The molecular weight excluding hydrogens is 554 g/mol. The third-order valence-corrected chi connectivity index (χ3v) is 8.65. The van der Waals surface area contributed by atoms with Crippen LogP contribution in [-0.2, 0) is 25.0 Å². The molecule has 2 aliphatic heterocycles. The highest BCUT2D eigenvalue weighted by Gasteiger charge is 2.54. The van der Waals surface area contributed by atoms with Gasteiger partial charge in [-0.1, -0.05) is 28.1 Å². The second-order valence-corrected chi connectivity index (χ2v) is 11.0. The van der Waals surface area contributed by atoms with E-state index in [2.05, 4.69) is 25.4 Å². The number of nitrogen functional groups attached to an aromatic ring is 3. The molecule has 1 fully saturated rings. The van der Waals surface area contributed by atoms with Crippen LogP contribution >= 0.6 is 46.5 Å². The number of thioether (sulfide) groups is 2. The number of anilines is 3. The van der Waals surface area contributed by atoms with Gasteiger partial charge in [0.1, 0.15) is 40.1 Å². The van der Waals surface area contributed by atoms with Crippen molar-refractivity contribution in [2.24, 2.45) is 5.16 Å². The Morgan fingerprint density at radius 3 is 2.75 bits per heavy atom. The van der Waals surface area contributed by atoms with Crippen molar-refractivity contribution in [1.29, 1.82) is 0 Å². The Labute approximate surface area is 220 Å². The van der Waals surface area contributed by atoms with Crippen molar-refractivity contribution in [2.75, 3.05) is 30.1 Å². The minimum atomic E-state index is -1.27. The van der Waals surface area contributed by atoms with Crippen LogP contribution in [0.3, 0.4) is 0 Å². The van der Waals surface area contributed by atoms with Gasteiger partial charge in [0, 0.05) is 28.2 Å². The summed E-state index contributed by atoms with van der Waals surface area (Å²) in [5, 5.41) is 15.6. The summed E-state index contributed by atoms with van der Waals surface area (Å²) in [6.07, 6.45) is 1.46. The van der Waals surface area contributed by atoms with Crippen LogP contribution in [0, 0.1) is 0 Å². The van der Waals surface area contributed by atoms with Gasteiger partial charge in [0.05, 0.1) is 0 Å². The molecule has 2 amide bonds. The molecule has 0 radical (unpaired) electrons. The molecule has 14 nitrogen and oxygen atoms in total. The van der Waals surface area contributed by atoms with Crippen LogP contribution in [0.25, 0.3) is 0 Å². The standard InChI is InChI=1S/C18H18ClN9O5S3/c1-33-27-8(7-11(19)36-18(22)25-7)13(29)24-9-14(30)28-10(16(31)32)6(4-35-15(9)28)34-3-5-2-23-17(21)26-12(5)20/h2,9,15H,3-4H2,1H3,(H2,22,25)(H,24,29)(H,31,32)(H4,20,21,23,26)/b27-8-. The molecular formula is C18H18ClN9O5S3. The van der Waals surface area contributed by atoms with Crippen molar-refractivity contribution in [2.45, 2.75) is 17.2 Å². The van der Waals surface area contributed by atoms with Gasteiger partial charge >= 0.3 is 5.97 Å². The summed E-state index contributed by atoms with van der Waals surface area (Å²) in [7, 11) is 1.23. The molecule has 4 heterocycles. The number of thiazole rings is 1. The normalized spacial score (nSPS) is 19.6. The molecule has 2 aromatic heterocycles. The lowest BCUT2D eigenvalue weighted by atomic mass is 10.0. The number of hydrogen-bond acceptors (Lipinski definition) is 14. The van der Waals surface area contributed by atoms with E-state index in [0.29, 0.717) is 10.5 Å². The number of fused-ring (bicyclic) bond motifs is 1. The van der Waals surface area contributed by atoms with Crippen molar-refractivity contribution in [3.63, 3.8) is 0 Å². The highest BCUT2D eigenvalue weighted by atomic mass is 35.5. The van der Waals surface area contributed by atoms with Gasteiger partial charge in [0.2, 0.25) is 5.95 Å². The first-order chi connectivity index (χ1) is 17.1. The molecule has 2 unspecified atom stereocenters. The average Bonchev–Trinajstić information content (AvgIpc) is 3.16. The molecule has 0 bridgehead atoms. The predicted molar refractivity (Wildman–Crippen MR) is 137 cm³/mol. The number of halogens is 1. The number of carboxylic acid groups (broad SMARTS) is 1. The van der Waals surface area contributed by atoms with E-state index in [1.807, 2.05) is 0 Å². The van der Waals surface area contributed by atoms with Crippen molar-refractivity contribution in [1.82, 2.24) is 25.2 Å². The molecule has 2 atom stereocenters. The van der Waals surface area contributed by atoms with Crippen molar-refractivity contribution in [3.05, 3.63) is 32.4 Å². The monoisotopic (exact) mass is 571 g/mol. The molecule has 0 aromatic carbocycles. The first kappa shape index (κ1) is 25.8. The van der Waals surface area contributed by atoms with Gasteiger partial charge in [-0.2, -0.15) is 4.98 Å². The molecule has 1 saturated heterocycles. The van der Waals surface area contributed by atoms with Crippen LogP contribution < -0.4 is 22.5 Å². The number of aromatic nitrogens is 3. The molecule has 190 valence electrons. The van der Waals surface area contributed by atoms with E-state index < -0.39 is 29.2 Å². The SMILES string of the molecule is CO/N=C(\C(=O)NC1C(=O)N2C(C(=O)O)=C(SCc3cnc(N)nc3N)CSC12)c1nc(N)sc1Cl. The summed E-state index contributed by atoms with van der Waals surface area (Å²) in [5.41, 5.74) is 17.2. The lowest BCUT2D eigenvalue weighted by Gasteiger charge is -2.49. The summed E-state index contributed by atoms with van der Waals surface area (Å²) in [6.45, 7) is 0. The van der Waals surface area contributed by atoms with Gasteiger partial charge in [-0.3, -0.25) is 14.5 Å². The molecule has 4 rings (SSSR count). The summed E-state index contributed by atoms with van der Waals surface area (Å²) < 4.78 is 0.122. The van der Waals surface area contributed by atoms with Crippen LogP contribution in [0.2, 0.25) is 4.34 Å². The summed E-state index contributed by atoms with van der Waals surface area (Å²) in [6, 6.07) is -0.999. The maximum absolute atomic E-state index is 13.0. The third-order valence-electron chi connectivity index (χ3n) is 4.97. The maximum atomic E-state index is 13.0. The van der Waals surface area contributed by atoms with Gasteiger partial charge in [-0.05, 0) is 0 Å². The third kappa shape index (κ3) is 4.86. The lowest BCUT2D eigenvalue weighted by Crippen LogP contribution is -2.71. The topological polar surface area (TPSA) is 225 Å². The van der Waals surface area contributed by atoms with E-state index in [1.165, 1.54) is 36.8 Å². The van der Waals surface area contributed by atoms with Crippen LogP contribution in [0.15, 0.2) is 22.0 Å². The summed E-state index contributed by atoms with van der Waals surface area (Å²) in [5.74, 6) is -1.85. The Bertz CT molecular complexity index is 1320. The fourth-order valence-corrected chi connectivity index (χ4v) is 6.90. The predicted octanol–water partition coefficient (Wildman–Crippen LogP) is 0.313. The van der Waals surface area contributed by atoms with E-state index in [0.717, 1.165) is 16.2 Å². The van der Waals surface area contributed by atoms with E-state index in [9.17, 15) is 19.5 Å². The van der Waals surface area contributed by atoms with Crippen LogP contribution in [0.4, 0.5) is 16.9 Å². The van der Waals surface area contributed by atoms with Gasteiger partial charge < -0.3 is 32.5 Å². The molecule has 0 aliphatic carbocycles. The Balaban J connectivity index is 1.51. The number of carboxylic acids is 1. The first-order valence-corrected chi connectivity index (χ1v) is 13.1. The number of rotatable bonds is 8. The zero-order chi connectivity index (χ0) is 26.1. The number of nitrogens with zero attached hydrogens (tertiary/aromatic N) is 5. The molecule has 2 aliphatic rings. The number of hydrogen-bond donors (Lipinski definition) is 5. The molecule has 0 spiro atoms. The number of β-lactam (4-membered cyclic amide) rings is 1. The largest absolute Gasteiger partial charge is 0.477 e. The van der Waals surface area contributed by atoms with Gasteiger partial charge in [0.15, 0.2) is 10.8 Å². The fraction of sp³-hybridized carbons (Fsp3) is 0.278. The molecule has 8 N–H and O–H groups in total. The minimum Gasteiger partial charge on any atom is -0.477 e. The van der Waals surface area contributed by atoms with Crippen LogP contribution in [-0.4, -0.2) is 72.7 Å². The number of oxime groups is 1. The average molecular weight is 572 g/mol. The second kappa shape index (κ2) is 10.4. The second-order valence-electron chi connectivity index (χ2n) is 7.16. The van der Waals surface area contributed by atoms with Crippen molar-refractivity contribution >= 4 is 86.9 Å². The number of carbonyl (C=O) groups is 3. The Kier molecular flexibility index (Phi) is 7.43. The van der Waals surface area contributed by atoms with Crippen molar-refractivity contribution < 1.29 is 24.3 Å². The number of amides is 2. The molecule has 0 saturated carbocycles.